The van der Waals surface area contributed by atoms with Crippen LogP contribution in [0.2, 0.25) is 0 Å². The van der Waals surface area contributed by atoms with E-state index in [2.05, 4.69) is 51.6 Å². The lowest BCUT2D eigenvalue weighted by molar-refractivity contribution is 0.305. The predicted molar refractivity (Wildman–Crippen MR) is 138 cm³/mol. The van der Waals surface area contributed by atoms with Gasteiger partial charge in [0.25, 0.3) is 0 Å². The molecule has 0 N–H and O–H groups in total. The smallest absolute Gasteiger partial charge is 0.0636 e. The summed E-state index contributed by atoms with van der Waals surface area (Å²) >= 11 is 6.83. The Morgan fingerprint density at radius 2 is 1.13 bits per heavy atom. The van der Waals surface area contributed by atoms with Gasteiger partial charge in [-0.3, -0.25) is 0 Å². The van der Waals surface area contributed by atoms with Crippen molar-refractivity contribution in [1.82, 2.24) is 0 Å². The minimum absolute atomic E-state index is 0.0722. The van der Waals surface area contributed by atoms with E-state index in [0.717, 1.165) is 5.56 Å². The molecular formula is C29H49Cl. The molecule has 0 fully saturated rings. The zero-order valence-corrected chi connectivity index (χ0v) is 21.1. The summed E-state index contributed by atoms with van der Waals surface area (Å²) in [7, 11) is 0. The minimum Gasteiger partial charge on any atom is -0.117 e. The van der Waals surface area contributed by atoms with Gasteiger partial charge in [-0.1, -0.05) is 154 Å². The maximum Gasteiger partial charge on any atom is 0.0636 e. The van der Waals surface area contributed by atoms with Crippen molar-refractivity contribution in [3.63, 3.8) is 0 Å². The van der Waals surface area contributed by atoms with Crippen LogP contribution < -0.4 is 0 Å². The van der Waals surface area contributed by atoms with Crippen LogP contribution in [0.15, 0.2) is 30.8 Å². The van der Waals surface area contributed by atoms with Gasteiger partial charge in [0.1, 0.15) is 0 Å². The summed E-state index contributed by atoms with van der Waals surface area (Å²) in [5.74, 6) is 0. The van der Waals surface area contributed by atoms with Gasteiger partial charge < -0.3 is 0 Å². The van der Waals surface area contributed by atoms with Gasteiger partial charge in [0.05, 0.1) is 5.38 Å². The molecule has 30 heavy (non-hydrogen) atoms. The highest BCUT2D eigenvalue weighted by molar-refractivity contribution is 6.21. The highest BCUT2D eigenvalue weighted by Gasteiger charge is 2.28. The fraction of sp³-hybridized carbons (Fsp3) is 0.724. The van der Waals surface area contributed by atoms with Gasteiger partial charge in [0.2, 0.25) is 0 Å². The van der Waals surface area contributed by atoms with E-state index in [9.17, 15) is 0 Å². The van der Waals surface area contributed by atoms with E-state index >= 15 is 0 Å². The summed E-state index contributed by atoms with van der Waals surface area (Å²) in [6, 6.07) is 8.54. The largest absolute Gasteiger partial charge is 0.117 e. The van der Waals surface area contributed by atoms with Gasteiger partial charge in [-0.15, -0.1) is 11.6 Å². The molecule has 1 atom stereocenters. The normalized spacial score (nSPS) is 12.8. The first-order chi connectivity index (χ1) is 14.5. The van der Waals surface area contributed by atoms with Crippen LogP contribution in [0, 0.1) is 5.41 Å². The zero-order chi connectivity index (χ0) is 22.1. The summed E-state index contributed by atoms with van der Waals surface area (Å²) in [5.41, 5.74) is 2.52. The second-order valence-electron chi connectivity index (χ2n) is 9.92. The standard InChI is InChI=1S/C29H49Cl/c1-5-7-8-9-10-11-12-13-14-15-16-17-18-19-20-25-29(3,4)28(30)27-23-21-26(6-2)22-24-27/h6,21-24,28H,2,5,7-20,25H2,1,3-4H3. The Morgan fingerprint density at radius 3 is 1.53 bits per heavy atom. The molecule has 1 rings (SSSR count). The molecule has 1 unspecified atom stereocenters. The Balaban J connectivity index is 2.00. The Morgan fingerprint density at radius 1 is 0.733 bits per heavy atom. The van der Waals surface area contributed by atoms with Crippen LogP contribution in [0.5, 0.6) is 0 Å². The number of hydrogen-bond acceptors (Lipinski definition) is 0. The summed E-state index contributed by atoms with van der Waals surface area (Å²) in [4.78, 5) is 0. The van der Waals surface area contributed by atoms with E-state index in [-0.39, 0.29) is 10.8 Å². The summed E-state index contributed by atoms with van der Waals surface area (Å²) in [6.45, 7) is 10.7. The van der Waals surface area contributed by atoms with Crippen molar-refractivity contribution in [1.29, 1.82) is 0 Å². The van der Waals surface area contributed by atoms with Crippen LogP contribution in [-0.4, -0.2) is 0 Å². The van der Waals surface area contributed by atoms with E-state index in [1.807, 2.05) is 6.08 Å². The predicted octanol–water partition coefficient (Wildman–Crippen LogP) is 10.9. The third-order valence-corrected chi connectivity index (χ3v) is 7.42. The molecule has 0 aliphatic carbocycles. The average molecular weight is 433 g/mol. The van der Waals surface area contributed by atoms with Crippen molar-refractivity contribution in [2.75, 3.05) is 0 Å². The first-order valence-corrected chi connectivity index (χ1v) is 13.3. The van der Waals surface area contributed by atoms with Crippen molar-refractivity contribution in [2.45, 2.75) is 129 Å². The molecule has 1 aromatic carbocycles. The van der Waals surface area contributed by atoms with Crippen molar-refractivity contribution < 1.29 is 0 Å². The Hall–Kier alpha value is -0.750. The van der Waals surface area contributed by atoms with Gasteiger partial charge in [0, 0.05) is 0 Å². The Labute approximate surface area is 193 Å². The highest BCUT2D eigenvalue weighted by Crippen LogP contribution is 2.42. The number of alkyl halides is 1. The van der Waals surface area contributed by atoms with Gasteiger partial charge in [0.15, 0.2) is 0 Å². The average Bonchev–Trinajstić information content (AvgIpc) is 2.76. The summed E-state index contributed by atoms with van der Waals surface area (Å²) in [6.07, 6.45) is 24.3. The van der Waals surface area contributed by atoms with Crippen LogP contribution in [0.25, 0.3) is 6.08 Å². The number of hydrogen-bond donors (Lipinski definition) is 0. The lowest BCUT2D eigenvalue weighted by Crippen LogP contribution is -2.18. The van der Waals surface area contributed by atoms with Crippen LogP contribution in [0.4, 0.5) is 0 Å². The Kier molecular flexibility index (Phi) is 15.4. The van der Waals surface area contributed by atoms with Gasteiger partial charge >= 0.3 is 0 Å². The van der Waals surface area contributed by atoms with E-state index in [1.54, 1.807) is 0 Å². The summed E-state index contributed by atoms with van der Waals surface area (Å²) < 4.78 is 0. The van der Waals surface area contributed by atoms with Gasteiger partial charge in [-0.2, -0.15) is 0 Å². The molecule has 0 radical (unpaired) electrons. The third-order valence-electron chi connectivity index (χ3n) is 6.58. The second-order valence-corrected chi connectivity index (χ2v) is 10.4. The molecule has 0 aliphatic heterocycles. The lowest BCUT2D eigenvalue weighted by atomic mass is 9.80. The lowest BCUT2D eigenvalue weighted by Gasteiger charge is -2.30. The number of unbranched alkanes of at least 4 members (excludes halogenated alkanes) is 14. The maximum absolute atomic E-state index is 6.83. The van der Waals surface area contributed by atoms with Crippen LogP contribution in [0.1, 0.15) is 140 Å². The minimum atomic E-state index is 0.0722. The molecule has 0 nitrogen and oxygen atoms in total. The molecule has 0 saturated carbocycles. The Bertz CT molecular complexity index is 528. The van der Waals surface area contributed by atoms with Crippen molar-refractivity contribution in [3.8, 4) is 0 Å². The van der Waals surface area contributed by atoms with E-state index in [0.29, 0.717) is 0 Å². The zero-order valence-electron chi connectivity index (χ0n) is 20.4. The molecule has 0 bridgehead atoms. The van der Waals surface area contributed by atoms with Crippen molar-refractivity contribution in [2.24, 2.45) is 5.41 Å². The molecule has 0 heterocycles. The molecule has 0 saturated heterocycles. The topological polar surface area (TPSA) is 0 Å². The number of benzene rings is 1. The molecule has 0 amide bonds. The number of rotatable bonds is 19. The molecular weight excluding hydrogens is 384 g/mol. The molecule has 1 heteroatoms. The van der Waals surface area contributed by atoms with Gasteiger partial charge in [-0.05, 0) is 23.0 Å². The highest BCUT2D eigenvalue weighted by atomic mass is 35.5. The second kappa shape index (κ2) is 16.9. The first-order valence-electron chi connectivity index (χ1n) is 12.9. The maximum atomic E-state index is 6.83. The monoisotopic (exact) mass is 432 g/mol. The quantitative estimate of drug-likeness (QED) is 0.150. The summed E-state index contributed by atoms with van der Waals surface area (Å²) in [5, 5.41) is 0.0722. The fourth-order valence-corrected chi connectivity index (χ4v) is 4.59. The van der Waals surface area contributed by atoms with E-state index in [1.165, 1.54) is 108 Å². The van der Waals surface area contributed by atoms with Crippen LogP contribution in [0.3, 0.4) is 0 Å². The van der Waals surface area contributed by atoms with Crippen LogP contribution >= 0.6 is 11.6 Å². The van der Waals surface area contributed by atoms with Crippen molar-refractivity contribution in [3.05, 3.63) is 42.0 Å². The van der Waals surface area contributed by atoms with Gasteiger partial charge in [-0.25, -0.2) is 0 Å². The molecule has 172 valence electrons. The van der Waals surface area contributed by atoms with E-state index in [4.69, 9.17) is 11.6 Å². The van der Waals surface area contributed by atoms with Crippen molar-refractivity contribution >= 4 is 17.7 Å². The number of halogens is 1. The molecule has 0 aromatic heterocycles. The van der Waals surface area contributed by atoms with Crippen LogP contribution in [-0.2, 0) is 0 Å². The van der Waals surface area contributed by atoms with E-state index < -0.39 is 0 Å². The fourth-order valence-electron chi connectivity index (χ4n) is 4.33. The molecule has 1 aromatic rings. The SMILES string of the molecule is C=Cc1ccc(C(Cl)C(C)(C)CCCCCCCCCCCCCCCCC)cc1. The third kappa shape index (κ3) is 12.2. The first kappa shape index (κ1) is 27.3. The molecule has 0 aliphatic rings. The molecule has 0 spiro atoms.